The van der Waals surface area contributed by atoms with E-state index in [1.807, 2.05) is 0 Å². The first-order chi connectivity index (χ1) is 10.2. The third-order valence-corrected chi connectivity index (χ3v) is 6.31. The van der Waals surface area contributed by atoms with E-state index in [-0.39, 0.29) is 6.61 Å². The van der Waals surface area contributed by atoms with Crippen LogP contribution in [-0.2, 0) is 0 Å². The normalized spacial score (nSPS) is 43.2. The van der Waals surface area contributed by atoms with Gasteiger partial charge in [-0.05, 0) is 43.9 Å². The second kappa shape index (κ2) is 5.59. The topological polar surface area (TPSA) is 71.0 Å². The lowest BCUT2D eigenvalue weighted by atomic mass is 9.57. The zero-order valence-electron chi connectivity index (χ0n) is 12.7. The Morgan fingerprint density at radius 3 is 1.90 bits per heavy atom. The van der Waals surface area contributed by atoms with Crippen LogP contribution in [0.5, 0.6) is 0 Å². The highest BCUT2D eigenvalue weighted by atomic mass is 16.3. The number of fused-ring (bicyclic) bond motifs is 2. The van der Waals surface area contributed by atoms with Crippen molar-refractivity contribution in [2.45, 2.75) is 68.9 Å². The van der Waals surface area contributed by atoms with Gasteiger partial charge in [-0.15, -0.1) is 0 Å². The van der Waals surface area contributed by atoms with Crippen molar-refractivity contribution in [2.24, 2.45) is 11.8 Å². The van der Waals surface area contributed by atoms with Gasteiger partial charge < -0.3 is 5.11 Å². The van der Waals surface area contributed by atoms with Gasteiger partial charge in [0.25, 0.3) is 0 Å². The maximum Gasteiger partial charge on any atom is 0.113 e. The molecule has 2 aliphatic carbocycles. The van der Waals surface area contributed by atoms with Gasteiger partial charge in [-0.2, -0.15) is 10.5 Å². The Bertz CT molecular complexity index is 439. The first-order valence-electron chi connectivity index (χ1n) is 8.44. The van der Waals surface area contributed by atoms with Crippen molar-refractivity contribution in [3.63, 3.8) is 0 Å². The van der Waals surface area contributed by atoms with Crippen molar-refractivity contribution in [1.82, 2.24) is 4.90 Å². The number of likely N-dealkylation sites (tertiary alicyclic amines) is 1. The molecule has 0 bridgehead atoms. The molecule has 3 fully saturated rings. The van der Waals surface area contributed by atoms with Crippen LogP contribution in [0.1, 0.15) is 57.8 Å². The maximum atomic E-state index is 9.99. The monoisotopic (exact) mass is 287 g/mol. The SMILES string of the molecule is N#C[C@]12CCCC[C@H]1C[C@@H]1CCCC[C@]1(C#N)N2CCO. The van der Waals surface area contributed by atoms with Crippen LogP contribution in [0.15, 0.2) is 0 Å². The summed E-state index contributed by atoms with van der Waals surface area (Å²) in [6.45, 7) is 0.500. The summed E-state index contributed by atoms with van der Waals surface area (Å²) in [5.74, 6) is 0.764. The van der Waals surface area contributed by atoms with Crippen molar-refractivity contribution in [3.05, 3.63) is 0 Å². The fourth-order valence-corrected chi connectivity index (χ4v) is 5.41. The molecule has 0 amide bonds. The van der Waals surface area contributed by atoms with Crippen LogP contribution < -0.4 is 0 Å². The van der Waals surface area contributed by atoms with Gasteiger partial charge in [-0.3, -0.25) is 4.90 Å². The standard InChI is InChI=1S/C17H25N3O/c18-12-16-7-3-1-5-14(16)11-15-6-2-4-8-17(15,13-19)20(16)9-10-21/h14-15,21H,1-11H2/t14-,15-,16+,17+/m0/s1. The van der Waals surface area contributed by atoms with Gasteiger partial charge in [-0.25, -0.2) is 0 Å². The summed E-state index contributed by atoms with van der Waals surface area (Å²) in [7, 11) is 0. The molecule has 0 spiro atoms. The van der Waals surface area contributed by atoms with Crippen LogP contribution in [0.25, 0.3) is 0 Å². The molecule has 0 radical (unpaired) electrons. The van der Waals surface area contributed by atoms with E-state index in [1.165, 1.54) is 12.8 Å². The summed E-state index contributed by atoms with van der Waals surface area (Å²) in [6, 6.07) is 5.22. The van der Waals surface area contributed by atoms with Gasteiger partial charge in [0.15, 0.2) is 0 Å². The summed E-state index contributed by atoms with van der Waals surface area (Å²) >= 11 is 0. The highest BCUT2D eigenvalue weighted by Gasteiger charge is 2.61. The highest BCUT2D eigenvalue weighted by Crippen LogP contribution is 2.55. The summed E-state index contributed by atoms with van der Waals surface area (Å²) in [5, 5.41) is 29.5. The number of aliphatic hydroxyl groups excluding tert-OH is 1. The van der Waals surface area contributed by atoms with E-state index in [0.29, 0.717) is 18.4 Å². The summed E-state index contributed by atoms with van der Waals surface area (Å²) in [5.41, 5.74) is -1.02. The molecule has 1 N–H and O–H groups in total. The predicted molar refractivity (Wildman–Crippen MR) is 79.0 cm³/mol. The van der Waals surface area contributed by atoms with Gasteiger partial charge in [-0.1, -0.05) is 25.7 Å². The molecule has 21 heavy (non-hydrogen) atoms. The number of nitriles is 2. The Hall–Kier alpha value is -1.10. The van der Waals surface area contributed by atoms with Gasteiger partial charge in [0, 0.05) is 6.54 Å². The molecule has 1 saturated heterocycles. The van der Waals surface area contributed by atoms with E-state index in [4.69, 9.17) is 0 Å². The quantitative estimate of drug-likeness (QED) is 0.847. The molecule has 1 aliphatic heterocycles. The Balaban J connectivity index is 2.07. The van der Waals surface area contributed by atoms with Crippen molar-refractivity contribution >= 4 is 0 Å². The van der Waals surface area contributed by atoms with Gasteiger partial charge in [0.05, 0.1) is 18.7 Å². The van der Waals surface area contributed by atoms with Crippen molar-refractivity contribution in [3.8, 4) is 12.1 Å². The maximum absolute atomic E-state index is 9.99. The van der Waals surface area contributed by atoms with E-state index >= 15 is 0 Å². The fraction of sp³-hybridized carbons (Fsp3) is 0.882. The van der Waals surface area contributed by atoms with E-state index in [2.05, 4.69) is 17.0 Å². The number of rotatable bonds is 2. The molecule has 1 heterocycles. The third kappa shape index (κ3) is 2.00. The van der Waals surface area contributed by atoms with Crippen LogP contribution in [0.4, 0.5) is 0 Å². The smallest absolute Gasteiger partial charge is 0.113 e. The number of β-amino-alcohol motifs (C(OH)–C–C–N with tert-alkyl or cyclic N) is 1. The zero-order chi connectivity index (χ0) is 14.9. The first-order valence-corrected chi connectivity index (χ1v) is 8.44. The van der Waals surface area contributed by atoms with E-state index in [1.54, 1.807) is 0 Å². The molecule has 4 heteroatoms. The Morgan fingerprint density at radius 1 is 0.952 bits per heavy atom. The van der Waals surface area contributed by atoms with E-state index < -0.39 is 11.1 Å². The minimum absolute atomic E-state index is 0.0340. The predicted octanol–water partition coefficient (Wildman–Crippen LogP) is 2.59. The van der Waals surface area contributed by atoms with Crippen LogP contribution >= 0.6 is 0 Å². The number of piperidine rings is 1. The fourth-order valence-electron chi connectivity index (χ4n) is 5.41. The molecule has 0 aromatic carbocycles. The molecule has 4 atom stereocenters. The molecule has 4 nitrogen and oxygen atoms in total. The van der Waals surface area contributed by atoms with Crippen molar-refractivity contribution in [1.29, 1.82) is 10.5 Å². The molecule has 114 valence electrons. The lowest BCUT2D eigenvalue weighted by Gasteiger charge is -2.61. The summed E-state index contributed by atoms with van der Waals surface area (Å²) in [6.07, 6.45) is 9.51. The first kappa shape index (κ1) is 14.8. The van der Waals surface area contributed by atoms with Crippen LogP contribution in [0.3, 0.4) is 0 Å². The molecule has 0 unspecified atom stereocenters. The van der Waals surface area contributed by atoms with E-state index in [9.17, 15) is 15.6 Å². The number of nitrogens with zero attached hydrogens (tertiary/aromatic N) is 3. The van der Waals surface area contributed by atoms with Crippen LogP contribution in [0, 0.1) is 34.5 Å². The lowest BCUT2D eigenvalue weighted by molar-refractivity contribution is -0.115. The number of hydrogen-bond donors (Lipinski definition) is 1. The highest BCUT2D eigenvalue weighted by molar-refractivity contribution is 5.27. The summed E-state index contributed by atoms with van der Waals surface area (Å²) < 4.78 is 0. The second-order valence-electron chi connectivity index (χ2n) is 7.07. The minimum Gasteiger partial charge on any atom is -0.395 e. The molecule has 0 aromatic rings. The minimum atomic E-state index is -0.509. The average Bonchev–Trinajstić information content (AvgIpc) is 2.54. The van der Waals surface area contributed by atoms with Crippen LogP contribution in [-0.4, -0.2) is 34.2 Å². The lowest BCUT2D eigenvalue weighted by Crippen LogP contribution is -2.71. The summed E-state index contributed by atoms with van der Waals surface area (Å²) in [4.78, 5) is 2.15. The molecule has 2 saturated carbocycles. The third-order valence-electron chi connectivity index (χ3n) is 6.31. The zero-order valence-corrected chi connectivity index (χ0v) is 12.7. The van der Waals surface area contributed by atoms with Gasteiger partial charge in [0.1, 0.15) is 11.1 Å². The van der Waals surface area contributed by atoms with Crippen LogP contribution in [0.2, 0.25) is 0 Å². The largest absolute Gasteiger partial charge is 0.395 e. The van der Waals surface area contributed by atoms with Gasteiger partial charge >= 0.3 is 0 Å². The molecule has 3 rings (SSSR count). The molecular formula is C17H25N3O. The second-order valence-corrected chi connectivity index (χ2v) is 7.07. The Morgan fingerprint density at radius 2 is 1.48 bits per heavy atom. The molecule has 0 aromatic heterocycles. The molecular weight excluding hydrogens is 262 g/mol. The number of aliphatic hydroxyl groups is 1. The Labute approximate surface area is 127 Å². The average molecular weight is 287 g/mol. The number of hydrogen-bond acceptors (Lipinski definition) is 4. The van der Waals surface area contributed by atoms with Crippen molar-refractivity contribution < 1.29 is 5.11 Å². The Kier molecular flexibility index (Phi) is 3.95. The molecule has 3 aliphatic rings. The van der Waals surface area contributed by atoms with Gasteiger partial charge in [0.2, 0.25) is 0 Å². The van der Waals surface area contributed by atoms with Crippen molar-refractivity contribution in [2.75, 3.05) is 13.2 Å². The van der Waals surface area contributed by atoms with E-state index in [0.717, 1.165) is 44.9 Å².